The first-order chi connectivity index (χ1) is 43.4. The second-order valence-electron chi connectivity index (χ2n) is 24.5. The Labute approximate surface area is 520 Å². The van der Waals surface area contributed by atoms with Crippen LogP contribution in [0.5, 0.6) is 0 Å². The van der Waals surface area contributed by atoms with Crippen LogP contribution in [-0.4, -0.2) is 147 Å². The molecule has 1 amide bonds. The Morgan fingerprint density at radius 1 is 0.652 bits per heavy atom. The number of nitrogens with one attached hydrogen (secondary N) is 2. The summed E-state index contributed by atoms with van der Waals surface area (Å²) in [7, 11) is 0. The predicted molar refractivity (Wildman–Crippen MR) is 327 cm³/mol. The Balaban J connectivity index is 0.775. The molecule has 89 heavy (non-hydrogen) atoms. The van der Waals surface area contributed by atoms with E-state index in [0.29, 0.717) is 6.61 Å². The zero-order valence-electron chi connectivity index (χ0n) is 50.9. The molecule has 4 N–H and O–H groups in total. The summed E-state index contributed by atoms with van der Waals surface area (Å²) in [4.78, 5) is 13.8. The fourth-order valence-electron chi connectivity index (χ4n) is 13.6. The Morgan fingerprint density at radius 2 is 1.22 bits per heavy atom. The SMILES string of the molecule is CC(=N)C(O[C@@H]1C(C)[C@@H](NC(=O)OCC2c3ccccc3-c3ccccc32)C(CO)O[C@@H]1O)[C@@H]1OC(C)[C@H](O[C@@H]2OC[C@@H](C)C(O[C@@H]3OC[C@]4(COCc5ccccc5)O[C@@H](c5ccccc5)OC34)[C@H]2OCc2ccccc2)C(OCc2ccccc2)[C@@H]1C. The number of alkyl carbamates (subject to hydrolysis) is 1. The standard InChI is InChI=1S/C71H82N2O16/c1-42-35-80-68(64(79-38-49-26-14-8-15-27-49)58(42)86-69-65-71(41-82-69,40-77-36-47-22-10-6-11-23-47)89-67(88-65)50-28-16-9-17-29-50)87-63-46(5)83-60(44(3)59(63)78-37-48-24-12-7-13-25-48)62(45(4)72)85-61-43(2)57(56(34-74)84-66(61)75)73-70(76)81-39-55-53-32-20-18-30-51(53)52-31-19-21-33-54(52)55/h6-33,42-44,46,55-69,72,74-75H,34-41H2,1-5H3,(H,73,76)/t42-,43?,44+,46?,56?,57-,58?,59?,60-,61-,62?,63+,64-,65?,66+,67+,68+,69+,71+/m1/s1. The number of hydrogen-bond donors (Lipinski definition) is 4. The van der Waals surface area contributed by atoms with Crippen LogP contribution >= 0.6 is 0 Å². The van der Waals surface area contributed by atoms with Gasteiger partial charge in [0, 0.05) is 34.9 Å². The number of aliphatic hydroxyl groups is 2. The fraction of sp³-hybridized carbons (Fsp3) is 0.465. The molecular formula is C71H82N2O16. The molecule has 19 atom stereocenters. The Hall–Kier alpha value is -6.30. The predicted octanol–water partition coefficient (Wildman–Crippen LogP) is 9.82. The summed E-state index contributed by atoms with van der Waals surface area (Å²) in [5.74, 6) is -1.59. The van der Waals surface area contributed by atoms with E-state index in [1.807, 2.05) is 178 Å². The number of fused-ring (bicyclic) bond motifs is 4. The highest BCUT2D eigenvalue weighted by molar-refractivity contribution is 5.84. The van der Waals surface area contributed by atoms with E-state index in [1.165, 1.54) is 0 Å². The molecule has 6 aromatic carbocycles. The van der Waals surface area contributed by atoms with E-state index < -0.39 is 122 Å². The van der Waals surface area contributed by atoms with E-state index in [-0.39, 0.29) is 57.2 Å². The Morgan fingerprint density at radius 3 is 1.84 bits per heavy atom. The Bertz CT molecular complexity index is 3210. The molecule has 0 spiro atoms. The van der Waals surface area contributed by atoms with Crippen LogP contribution in [-0.2, 0) is 81.4 Å². The quantitative estimate of drug-likeness (QED) is 0.0440. The van der Waals surface area contributed by atoms with E-state index in [1.54, 1.807) is 13.8 Å². The van der Waals surface area contributed by atoms with Crippen LogP contribution in [0, 0.1) is 23.2 Å². The van der Waals surface area contributed by atoms with Gasteiger partial charge in [0.2, 0.25) is 0 Å². The molecule has 5 fully saturated rings. The third-order valence-corrected chi connectivity index (χ3v) is 18.3. The van der Waals surface area contributed by atoms with Gasteiger partial charge in [-0.25, -0.2) is 4.79 Å². The maximum atomic E-state index is 13.8. The summed E-state index contributed by atoms with van der Waals surface area (Å²) in [5.41, 5.74) is 7.20. The molecule has 0 saturated carbocycles. The molecule has 18 nitrogen and oxygen atoms in total. The van der Waals surface area contributed by atoms with Crippen molar-refractivity contribution in [1.29, 1.82) is 5.41 Å². The lowest BCUT2D eigenvalue weighted by Gasteiger charge is -2.50. The molecule has 7 unspecified atom stereocenters. The fourth-order valence-corrected chi connectivity index (χ4v) is 13.6. The van der Waals surface area contributed by atoms with E-state index in [4.69, 9.17) is 61.6 Å². The zero-order chi connectivity index (χ0) is 61.6. The van der Waals surface area contributed by atoms with Gasteiger partial charge in [-0.15, -0.1) is 0 Å². The van der Waals surface area contributed by atoms with Crippen LogP contribution in [0.25, 0.3) is 11.1 Å². The van der Waals surface area contributed by atoms with Crippen molar-refractivity contribution in [3.63, 3.8) is 0 Å². The minimum Gasteiger partial charge on any atom is -0.449 e. The first-order valence-electron chi connectivity index (χ1n) is 31.1. The number of hydrogen-bond acceptors (Lipinski definition) is 17. The lowest BCUT2D eigenvalue weighted by Crippen LogP contribution is -2.64. The van der Waals surface area contributed by atoms with Crippen LogP contribution in [0.15, 0.2) is 170 Å². The van der Waals surface area contributed by atoms with Crippen molar-refractivity contribution in [2.75, 3.05) is 33.0 Å². The van der Waals surface area contributed by atoms with Crippen molar-refractivity contribution < 1.29 is 76.6 Å². The van der Waals surface area contributed by atoms with Crippen molar-refractivity contribution in [2.24, 2.45) is 17.8 Å². The van der Waals surface area contributed by atoms with Gasteiger partial charge in [-0.2, -0.15) is 0 Å². The average molecular weight is 1220 g/mol. The number of ether oxygens (including phenoxy) is 13. The molecule has 5 heterocycles. The molecule has 6 aliphatic rings. The average Bonchev–Trinajstić information content (AvgIpc) is 1.71. The molecule has 0 radical (unpaired) electrons. The van der Waals surface area contributed by atoms with Crippen molar-refractivity contribution in [3.8, 4) is 11.1 Å². The maximum Gasteiger partial charge on any atom is 0.407 e. The number of carbonyl (C=O) groups is 1. The summed E-state index contributed by atoms with van der Waals surface area (Å²) in [5, 5.41) is 34.5. The number of aliphatic hydroxyl groups excluding tert-OH is 2. The minimum absolute atomic E-state index is 0.0717. The van der Waals surface area contributed by atoms with E-state index >= 15 is 0 Å². The molecule has 12 rings (SSSR count). The largest absolute Gasteiger partial charge is 0.449 e. The van der Waals surface area contributed by atoms with Gasteiger partial charge in [-0.1, -0.05) is 191 Å². The van der Waals surface area contributed by atoms with Crippen LogP contribution in [0.4, 0.5) is 4.79 Å². The summed E-state index contributed by atoms with van der Waals surface area (Å²) in [6.07, 6.45) is -13.3. The molecule has 1 aliphatic carbocycles. The lowest BCUT2D eigenvalue weighted by atomic mass is 9.83. The first kappa shape index (κ1) is 62.9. The molecule has 5 aliphatic heterocycles. The van der Waals surface area contributed by atoms with Crippen LogP contribution in [0.3, 0.4) is 0 Å². The second kappa shape index (κ2) is 28.5. The number of amides is 1. The third-order valence-electron chi connectivity index (χ3n) is 18.3. The lowest BCUT2D eigenvalue weighted by molar-refractivity contribution is -0.342. The van der Waals surface area contributed by atoms with Gasteiger partial charge >= 0.3 is 6.09 Å². The highest BCUT2D eigenvalue weighted by Gasteiger charge is 2.62. The molecule has 472 valence electrons. The number of benzene rings is 6. The normalized spacial score (nSPS) is 32.8. The van der Waals surface area contributed by atoms with E-state index in [2.05, 4.69) is 17.4 Å². The molecular weight excluding hydrogens is 1140 g/mol. The summed E-state index contributed by atoms with van der Waals surface area (Å²) < 4.78 is 87.4. The molecule has 0 aromatic heterocycles. The van der Waals surface area contributed by atoms with Crippen LogP contribution in [0.2, 0.25) is 0 Å². The van der Waals surface area contributed by atoms with Crippen molar-refractivity contribution >= 4 is 11.8 Å². The van der Waals surface area contributed by atoms with Crippen molar-refractivity contribution in [1.82, 2.24) is 5.32 Å². The molecule has 5 saturated heterocycles. The van der Waals surface area contributed by atoms with Gasteiger partial charge in [-0.05, 0) is 52.8 Å². The summed E-state index contributed by atoms with van der Waals surface area (Å²) in [6.45, 7) is 10.3. The van der Waals surface area contributed by atoms with E-state index in [9.17, 15) is 20.4 Å². The monoisotopic (exact) mass is 1220 g/mol. The van der Waals surface area contributed by atoms with Gasteiger partial charge in [-0.3, -0.25) is 0 Å². The van der Waals surface area contributed by atoms with Gasteiger partial charge in [0.1, 0.15) is 48.8 Å². The van der Waals surface area contributed by atoms with Gasteiger partial charge in [0.25, 0.3) is 0 Å². The maximum absolute atomic E-state index is 13.8. The van der Waals surface area contributed by atoms with Gasteiger partial charge in [0.05, 0.1) is 76.7 Å². The van der Waals surface area contributed by atoms with E-state index in [0.717, 1.165) is 44.5 Å². The van der Waals surface area contributed by atoms with Crippen LogP contribution < -0.4 is 5.32 Å². The first-order valence-corrected chi connectivity index (χ1v) is 31.1. The molecule has 18 heteroatoms. The summed E-state index contributed by atoms with van der Waals surface area (Å²) >= 11 is 0. The molecule has 0 bridgehead atoms. The molecule has 6 aromatic rings. The van der Waals surface area contributed by atoms with Gasteiger partial charge < -0.3 is 82.5 Å². The summed E-state index contributed by atoms with van der Waals surface area (Å²) in [6, 6.07) is 54.8. The minimum atomic E-state index is -1.55. The van der Waals surface area contributed by atoms with Crippen LogP contribution in [0.1, 0.15) is 80.2 Å². The van der Waals surface area contributed by atoms with Crippen molar-refractivity contribution in [3.05, 3.63) is 203 Å². The third kappa shape index (κ3) is 13.8. The zero-order valence-corrected chi connectivity index (χ0v) is 50.9. The van der Waals surface area contributed by atoms with Gasteiger partial charge in [0.15, 0.2) is 25.2 Å². The van der Waals surface area contributed by atoms with Crippen molar-refractivity contribution in [2.45, 2.75) is 158 Å². The highest BCUT2D eigenvalue weighted by atomic mass is 16.8. The highest BCUT2D eigenvalue weighted by Crippen LogP contribution is 2.48. The topological polar surface area (TPSA) is 213 Å². The number of carbonyl (C=O) groups excluding carboxylic acids is 1. The number of rotatable bonds is 23. The second-order valence-corrected chi connectivity index (χ2v) is 24.5. The smallest absolute Gasteiger partial charge is 0.407 e. The Kier molecular flexibility index (Phi) is 20.1.